The molecule has 3 rings (SSSR count). The number of aliphatic hydroxyl groups is 1. The molecule has 1 saturated carbocycles. The van der Waals surface area contributed by atoms with Crippen LogP contribution in [0.25, 0.3) is 0 Å². The monoisotopic (exact) mass is 260 g/mol. The summed E-state index contributed by atoms with van der Waals surface area (Å²) in [7, 11) is 0. The largest absolute Gasteiger partial charge is 0.481 e. The fourth-order valence-electron chi connectivity index (χ4n) is 3.89. The number of fused-ring (bicyclic) bond motifs is 1. The van der Waals surface area contributed by atoms with Crippen LogP contribution in [-0.2, 0) is 17.6 Å². The molecule has 0 heterocycles. The lowest BCUT2D eigenvalue weighted by Gasteiger charge is -2.33. The first kappa shape index (κ1) is 12.7. The van der Waals surface area contributed by atoms with Crippen molar-refractivity contribution < 1.29 is 15.0 Å². The quantitative estimate of drug-likeness (QED) is 0.878. The Morgan fingerprint density at radius 3 is 2.11 bits per heavy atom. The zero-order valence-corrected chi connectivity index (χ0v) is 11.1. The van der Waals surface area contributed by atoms with E-state index in [0.717, 1.165) is 36.8 Å². The summed E-state index contributed by atoms with van der Waals surface area (Å²) in [6, 6.07) is 7.94. The minimum absolute atomic E-state index is 0.393. The van der Waals surface area contributed by atoms with Crippen molar-refractivity contribution in [3.63, 3.8) is 0 Å². The molecule has 0 atom stereocenters. The lowest BCUT2D eigenvalue weighted by atomic mass is 9.74. The van der Waals surface area contributed by atoms with Crippen molar-refractivity contribution in [2.75, 3.05) is 0 Å². The second-order valence-electron chi connectivity index (χ2n) is 6.32. The van der Waals surface area contributed by atoms with Crippen LogP contribution in [0.15, 0.2) is 24.3 Å². The highest BCUT2D eigenvalue weighted by Crippen LogP contribution is 2.46. The lowest BCUT2D eigenvalue weighted by molar-refractivity contribution is -0.152. The maximum Gasteiger partial charge on any atom is 0.310 e. The molecule has 0 unspecified atom stereocenters. The molecule has 3 heteroatoms. The van der Waals surface area contributed by atoms with Crippen molar-refractivity contribution in [1.82, 2.24) is 0 Å². The minimum atomic E-state index is -0.803. The Hall–Kier alpha value is -1.35. The molecule has 0 radical (unpaired) electrons. The van der Waals surface area contributed by atoms with Gasteiger partial charge in [-0.2, -0.15) is 0 Å². The molecule has 1 aromatic carbocycles. The van der Waals surface area contributed by atoms with Crippen molar-refractivity contribution >= 4 is 5.97 Å². The number of hydrogen-bond acceptors (Lipinski definition) is 2. The molecule has 2 aliphatic rings. The van der Waals surface area contributed by atoms with Crippen molar-refractivity contribution in [3.05, 3.63) is 35.4 Å². The predicted octanol–water partition coefficient (Wildman–Crippen LogP) is 2.55. The molecular formula is C16H20O3. The molecule has 0 aromatic heterocycles. The SMILES string of the molecule is O=C(O)C1(CC2(O)CCCC2)Cc2ccccc2C1. The second-order valence-corrected chi connectivity index (χ2v) is 6.32. The molecule has 0 aliphatic heterocycles. The van der Waals surface area contributed by atoms with Gasteiger partial charge >= 0.3 is 5.97 Å². The average Bonchev–Trinajstić information content (AvgIpc) is 2.93. The maximum atomic E-state index is 11.8. The van der Waals surface area contributed by atoms with Gasteiger partial charge in [-0.3, -0.25) is 4.79 Å². The third kappa shape index (κ3) is 2.16. The number of hydrogen-bond donors (Lipinski definition) is 2. The van der Waals surface area contributed by atoms with Crippen molar-refractivity contribution in [3.8, 4) is 0 Å². The van der Waals surface area contributed by atoms with Gasteiger partial charge in [-0.05, 0) is 43.2 Å². The summed E-state index contributed by atoms with van der Waals surface area (Å²) in [5.74, 6) is -0.760. The van der Waals surface area contributed by atoms with Gasteiger partial charge < -0.3 is 10.2 Å². The summed E-state index contributed by atoms with van der Waals surface area (Å²) < 4.78 is 0. The molecule has 19 heavy (non-hydrogen) atoms. The highest BCUT2D eigenvalue weighted by Gasteiger charge is 2.49. The maximum absolute atomic E-state index is 11.8. The third-order valence-corrected chi connectivity index (χ3v) is 4.83. The van der Waals surface area contributed by atoms with Crippen LogP contribution >= 0.6 is 0 Å². The molecule has 1 aromatic rings. The number of aliphatic carboxylic acids is 1. The van der Waals surface area contributed by atoms with Crippen LogP contribution < -0.4 is 0 Å². The standard InChI is InChI=1S/C16H20O3/c17-14(18)15(11-16(19)7-3-4-8-16)9-12-5-1-2-6-13(12)10-15/h1-2,5-6,19H,3-4,7-11H2,(H,17,18). The molecule has 0 amide bonds. The van der Waals surface area contributed by atoms with Crippen LogP contribution in [0.5, 0.6) is 0 Å². The van der Waals surface area contributed by atoms with Gasteiger partial charge in [0.05, 0.1) is 11.0 Å². The van der Waals surface area contributed by atoms with E-state index in [0.29, 0.717) is 19.3 Å². The highest BCUT2D eigenvalue weighted by atomic mass is 16.4. The molecule has 0 saturated heterocycles. The van der Waals surface area contributed by atoms with Gasteiger partial charge in [-0.15, -0.1) is 0 Å². The number of carbonyl (C=O) groups is 1. The Kier molecular flexibility index (Phi) is 2.90. The van der Waals surface area contributed by atoms with E-state index < -0.39 is 17.0 Å². The third-order valence-electron chi connectivity index (χ3n) is 4.83. The van der Waals surface area contributed by atoms with E-state index in [2.05, 4.69) is 0 Å². The Bertz CT molecular complexity index is 475. The first-order valence-electron chi connectivity index (χ1n) is 7.06. The van der Waals surface area contributed by atoms with E-state index in [4.69, 9.17) is 0 Å². The molecule has 3 nitrogen and oxygen atoms in total. The van der Waals surface area contributed by atoms with Crippen molar-refractivity contribution in [1.29, 1.82) is 0 Å². The van der Waals surface area contributed by atoms with Gasteiger partial charge in [0.1, 0.15) is 0 Å². The molecular weight excluding hydrogens is 240 g/mol. The Labute approximate surface area is 113 Å². The lowest BCUT2D eigenvalue weighted by Crippen LogP contribution is -2.41. The highest BCUT2D eigenvalue weighted by molar-refractivity contribution is 5.77. The summed E-state index contributed by atoms with van der Waals surface area (Å²) in [4.78, 5) is 11.8. The molecule has 2 aliphatic carbocycles. The van der Waals surface area contributed by atoms with E-state index in [-0.39, 0.29) is 0 Å². The van der Waals surface area contributed by atoms with Gasteiger partial charge in [-0.1, -0.05) is 37.1 Å². The van der Waals surface area contributed by atoms with Crippen LogP contribution in [-0.4, -0.2) is 21.8 Å². The minimum Gasteiger partial charge on any atom is -0.481 e. The summed E-state index contributed by atoms with van der Waals surface area (Å²) in [5, 5.41) is 20.3. The van der Waals surface area contributed by atoms with Crippen LogP contribution in [0.2, 0.25) is 0 Å². The Morgan fingerprint density at radius 1 is 1.11 bits per heavy atom. The first-order chi connectivity index (χ1) is 9.03. The number of benzene rings is 1. The Morgan fingerprint density at radius 2 is 1.63 bits per heavy atom. The van der Waals surface area contributed by atoms with E-state index in [9.17, 15) is 15.0 Å². The van der Waals surface area contributed by atoms with E-state index in [1.165, 1.54) is 0 Å². The second kappa shape index (κ2) is 4.34. The Balaban J connectivity index is 1.89. The molecule has 0 bridgehead atoms. The van der Waals surface area contributed by atoms with Gasteiger partial charge in [0.15, 0.2) is 0 Å². The van der Waals surface area contributed by atoms with Gasteiger partial charge in [0.25, 0.3) is 0 Å². The first-order valence-corrected chi connectivity index (χ1v) is 7.06. The van der Waals surface area contributed by atoms with Crippen LogP contribution in [0.1, 0.15) is 43.2 Å². The summed E-state index contributed by atoms with van der Waals surface area (Å²) >= 11 is 0. The molecule has 102 valence electrons. The smallest absolute Gasteiger partial charge is 0.310 e. The predicted molar refractivity (Wildman–Crippen MR) is 72.0 cm³/mol. The van der Waals surface area contributed by atoms with Gasteiger partial charge in [-0.25, -0.2) is 0 Å². The van der Waals surface area contributed by atoms with Crippen LogP contribution in [0, 0.1) is 5.41 Å². The van der Waals surface area contributed by atoms with Crippen molar-refractivity contribution in [2.24, 2.45) is 5.41 Å². The normalized spacial score (nSPS) is 23.2. The molecule has 0 spiro atoms. The number of carboxylic acid groups (broad SMARTS) is 1. The molecule has 2 N–H and O–H groups in total. The summed E-state index contributed by atoms with van der Waals surface area (Å²) in [6.07, 6.45) is 5.03. The zero-order valence-electron chi connectivity index (χ0n) is 11.1. The summed E-state index contributed by atoms with van der Waals surface area (Å²) in [5.41, 5.74) is 0.696. The van der Waals surface area contributed by atoms with Gasteiger partial charge in [0.2, 0.25) is 0 Å². The molecule has 1 fully saturated rings. The van der Waals surface area contributed by atoms with E-state index in [1.54, 1.807) is 0 Å². The number of carboxylic acids is 1. The van der Waals surface area contributed by atoms with Gasteiger partial charge in [0, 0.05) is 0 Å². The van der Waals surface area contributed by atoms with E-state index in [1.807, 2.05) is 24.3 Å². The topological polar surface area (TPSA) is 57.5 Å². The zero-order chi connectivity index (χ0) is 13.5. The van der Waals surface area contributed by atoms with E-state index >= 15 is 0 Å². The van der Waals surface area contributed by atoms with Crippen molar-refractivity contribution in [2.45, 2.75) is 50.5 Å². The number of rotatable bonds is 3. The fourth-order valence-corrected chi connectivity index (χ4v) is 3.89. The average molecular weight is 260 g/mol. The van der Waals surface area contributed by atoms with Crippen LogP contribution in [0.4, 0.5) is 0 Å². The summed E-state index contributed by atoms with van der Waals surface area (Å²) in [6.45, 7) is 0. The van der Waals surface area contributed by atoms with Crippen LogP contribution in [0.3, 0.4) is 0 Å². The fraction of sp³-hybridized carbons (Fsp3) is 0.562.